The van der Waals surface area contributed by atoms with Gasteiger partial charge in [0.1, 0.15) is 12.0 Å². The number of carboxylic acids is 1. The van der Waals surface area contributed by atoms with Gasteiger partial charge in [0.25, 0.3) is 0 Å². The van der Waals surface area contributed by atoms with Crippen molar-refractivity contribution in [2.75, 3.05) is 13.7 Å². The van der Waals surface area contributed by atoms with Crippen molar-refractivity contribution in [2.24, 2.45) is 5.92 Å². The maximum atomic E-state index is 11.3. The van der Waals surface area contributed by atoms with Crippen molar-refractivity contribution in [2.45, 2.75) is 19.4 Å². The van der Waals surface area contributed by atoms with Gasteiger partial charge in [-0.25, -0.2) is 0 Å². The second-order valence-corrected chi connectivity index (χ2v) is 4.40. The Kier molecular flexibility index (Phi) is 4.12. The normalized spacial score (nSPS) is 21.4. The van der Waals surface area contributed by atoms with Crippen LogP contribution < -0.4 is 9.47 Å². The molecule has 6 heteroatoms. The molecule has 0 radical (unpaired) electrons. The first-order chi connectivity index (χ1) is 9.56. The number of ether oxygens (including phenoxy) is 3. The summed E-state index contributed by atoms with van der Waals surface area (Å²) in [7, 11) is 1.50. The largest absolute Gasteiger partial charge is 0.493 e. The molecule has 0 bridgehead atoms. The van der Waals surface area contributed by atoms with Gasteiger partial charge in [0, 0.05) is 0 Å². The lowest BCUT2D eigenvalue weighted by molar-refractivity contribution is -0.144. The van der Waals surface area contributed by atoms with E-state index in [-0.39, 0.29) is 6.42 Å². The second-order valence-electron chi connectivity index (χ2n) is 4.40. The molecule has 2 atom stereocenters. The zero-order valence-corrected chi connectivity index (χ0v) is 11.3. The molecule has 1 heterocycles. The Labute approximate surface area is 116 Å². The Bertz CT molecular complexity index is 524. The minimum Gasteiger partial charge on any atom is -0.493 e. The summed E-state index contributed by atoms with van der Waals surface area (Å²) in [6.45, 7) is 2.35. The molecule has 1 N–H and O–H groups in total. The highest BCUT2D eigenvalue weighted by Gasteiger charge is 2.41. The molecule has 0 saturated carbocycles. The number of methoxy groups -OCH3 is 1. The highest BCUT2D eigenvalue weighted by molar-refractivity contribution is 5.82. The van der Waals surface area contributed by atoms with Crippen LogP contribution in [0, 0.1) is 5.92 Å². The van der Waals surface area contributed by atoms with Crippen LogP contribution in [0.5, 0.6) is 11.5 Å². The maximum Gasteiger partial charge on any atom is 0.311 e. The minimum absolute atomic E-state index is 0.116. The highest BCUT2D eigenvalue weighted by atomic mass is 16.6. The van der Waals surface area contributed by atoms with E-state index in [2.05, 4.69) is 0 Å². The number of hydrogen-bond acceptors (Lipinski definition) is 5. The SMILES string of the molecule is CCOc1ccc([C@H]2OC(=O)C[C@@H]2C(=O)O)cc1OC. The fourth-order valence-corrected chi connectivity index (χ4v) is 2.21. The zero-order chi connectivity index (χ0) is 14.7. The van der Waals surface area contributed by atoms with Crippen LogP contribution in [-0.4, -0.2) is 30.8 Å². The van der Waals surface area contributed by atoms with E-state index >= 15 is 0 Å². The molecular formula is C14H16O6. The van der Waals surface area contributed by atoms with Crippen LogP contribution in [0.2, 0.25) is 0 Å². The lowest BCUT2D eigenvalue weighted by Crippen LogP contribution is -2.17. The third-order valence-corrected chi connectivity index (χ3v) is 3.14. The van der Waals surface area contributed by atoms with E-state index in [0.29, 0.717) is 23.7 Å². The molecular weight excluding hydrogens is 264 g/mol. The van der Waals surface area contributed by atoms with Gasteiger partial charge in [-0.05, 0) is 24.6 Å². The van der Waals surface area contributed by atoms with Crippen LogP contribution in [0.1, 0.15) is 25.0 Å². The van der Waals surface area contributed by atoms with Crippen molar-refractivity contribution >= 4 is 11.9 Å². The van der Waals surface area contributed by atoms with Crippen molar-refractivity contribution < 1.29 is 28.9 Å². The Balaban J connectivity index is 2.32. The first kappa shape index (κ1) is 14.2. The van der Waals surface area contributed by atoms with E-state index in [1.165, 1.54) is 7.11 Å². The van der Waals surface area contributed by atoms with E-state index in [9.17, 15) is 9.59 Å². The standard InChI is InChI=1S/C14H16O6/c1-3-19-10-5-4-8(6-11(10)18-2)13-9(14(16)17)7-12(15)20-13/h4-6,9,13H,3,7H2,1-2H3,(H,16,17)/t9-,13+/m0/s1. The number of hydrogen-bond donors (Lipinski definition) is 1. The third kappa shape index (κ3) is 2.68. The average Bonchev–Trinajstić information content (AvgIpc) is 2.82. The van der Waals surface area contributed by atoms with E-state index in [1.807, 2.05) is 6.92 Å². The quantitative estimate of drug-likeness (QED) is 0.828. The molecule has 1 aliphatic rings. The summed E-state index contributed by atoms with van der Waals surface area (Å²) in [6, 6.07) is 5.01. The van der Waals surface area contributed by atoms with Crippen LogP contribution in [0.3, 0.4) is 0 Å². The molecule has 20 heavy (non-hydrogen) atoms. The smallest absolute Gasteiger partial charge is 0.311 e. The van der Waals surface area contributed by atoms with Gasteiger partial charge in [-0.2, -0.15) is 0 Å². The Hall–Kier alpha value is -2.24. The fourth-order valence-electron chi connectivity index (χ4n) is 2.21. The van der Waals surface area contributed by atoms with Crippen molar-refractivity contribution in [1.82, 2.24) is 0 Å². The van der Waals surface area contributed by atoms with Crippen molar-refractivity contribution in [3.05, 3.63) is 23.8 Å². The zero-order valence-electron chi connectivity index (χ0n) is 11.3. The molecule has 0 unspecified atom stereocenters. The van der Waals surface area contributed by atoms with Gasteiger partial charge in [0.2, 0.25) is 0 Å². The third-order valence-electron chi connectivity index (χ3n) is 3.14. The molecule has 1 aromatic rings. The topological polar surface area (TPSA) is 82.1 Å². The summed E-state index contributed by atoms with van der Waals surface area (Å²) < 4.78 is 15.7. The number of cyclic esters (lactones) is 1. The Morgan fingerprint density at radius 1 is 1.45 bits per heavy atom. The summed E-state index contributed by atoms with van der Waals surface area (Å²) in [6.07, 6.45) is -0.903. The van der Waals surface area contributed by atoms with Crippen molar-refractivity contribution in [3.8, 4) is 11.5 Å². The molecule has 1 aromatic carbocycles. The summed E-state index contributed by atoms with van der Waals surface area (Å²) >= 11 is 0. The predicted octanol–water partition coefficient (Wildman–Crippen LogP) is 1.78. The number of carboxylic acid groups (broad SMARTS) is 1. The first-order valence-corrected chi connectivity index (χ1v) is 6.29. The van der Waals surface area contributed by atoms with Gasteiger partial charge in [-0.3, -0.25) is 9.59 Å². The lowest BCUT2D eigenvalue weighted by Gasteiger charge is -2.17. The molecule has 6 nitrogen and oxygen atoms in total. The van der Waals surface area contributed by atoms with E-state index in [1.54, 1.807) is 18.2 Å². The predicted molar refractivity (Wildman–Crippen MR) is 68.7 cm³/mol. The Morgan fingerprint density at radius 2 is 2.20 bits per heavy atom. The number of carbonyl (C=O) groups excluding carboxylic acids is 1. The minimum atomic E-state index is -1.05. The van der Waals surface area contributed by atoms with E-state index in [0.717, 1.165) is 0 Å². The van der Waals surface area contributed by atoms with Crippen LogP contribution >= 0.6 is 0 Å². The van der Waals surface area contributed by atoms with Crippen LogP contribution in [0.4, 0.5) is 0 Å². The molecule has 2 rings (SSSR count). The molecule has 0 amide bonds. The number of carbonyl (C=O) groups is 2. The van der Waals surface area contributed by atoms with Crippen molar-refractivity contribution in [1.29, 1.82) is 0 Å². The summed E-state index contributed by atoms with van der Waals surface area (Å²) in [5.41, 5.74) is 0.587. The molecule has 0 aromatic heterocycles. The number of rotatable bonds is 5. The lowest BCUT2D eigenvalue weighted by atomic mass is 9.95. The first-order valence-electron chi connectivity index (χ1n) is 6.29. The maximum absolute atomic E-state index is 11.3. The van der Waals surface area contributed by atoms with E-state index in [4.69, 9.17) is 19.3 Å². The molecule has 108 valence electrons. The van der Waals surface area contributed by atoms with Gasteiger partial charge in [-0.1, -0.05) is 6.07 Å². The van der Waals surface area contributed by atoms with Gasteiger partial charge in [0.15, 0.2) is 11.5 Å². The Morgan fingerprint density at radius 3 is 2.80 bits per heavy atom. The molecule has 1 saturated heterocycles. The van der Waals surface area contributed by atoms with Gasteiger partial charge in [0.05, 0.1) is 20.1 Å². The number of benzene rings is 1. The monoisotopic (exact) mass is 280 g/mol. The van der Waals surface area contributed by atoms with E-state index < -0.39 is 24.0 Å². The molecule has 1 aliphatic heterocycles. The van der Waals surface area contributed by atoms with Gasteiger partial charge in [-0.15, -0.1) is 0 Å². The number of aliphatic carboxylic acids is 1. The summed E-state index contributed by atoms with van der Waals surface area (Å²) in [4.78, 5) is 22.5. The number of esters is 1. The second kappa shape index (κ2) is 5.81. The highest BCUT2D eigenvalue weighted by Crippen LogP contribution is 2.39. The summed E-state index contributed by atoms with van der Waals surface area (Å²) in [5, 5.41) is 9.14. The van der Waals surface area contributed by atoms with Gasteiger partial charge >= 0.3 is 11.9 Å². The summed E-state index contributed by atoms with van der Waals surface area (Å²) in [5.74, 6) is -1.37. The average molecular weight is 280 g/mol. The van der Waals surface area contributed by atoms with Crippen LogP contribution in [0.15, 0.2) is 18.2 Å². The van der Waals surface area contributed by atoms with Crippen LogP contribution in [0.25, 0.3) is 0 Å². The molecule has 0 spiro atoms. The molecule has 0 aliphatic carbocycles. The van der Waals surface area contributed by atoms with Crippen LogP contribution in [-0.2, 0) is 14.3 Å². The fraction of sp³-hybridized carbons (Fsp3) is 0.429. The molecule has 1 fully saturated rings. The van der Waals surface area contributed by atoms with Crippen molar-refractivity contribution in [3.63, 3.8) is 0 Å². The van der Waals surface area contributed by atoms with Gasteiger partial charge < -0.3 is 19.3 Å².